The van der Waals surface area contributed by atoms with Crippen LogP contribution in [0.15, 0.2) is 24.3 Å². The Hall–Kier alpha value is -1.26. The fourth-order valence-electron chi connectivity index (χ4n) is 2.10. The van der Waals surface area contributed by atoms with Gasteiger partial charge >= 0.3 is 5.97 Å². The molecule has 0 spiro atoms. The van der Waals surface area contributed by atoms with Crippen molar-refractivity contribution >= 4 is 17.6 Å². The maximum atomic E-state index is 11.4. The van der Waals surface area contributed by atoms with Gasteiger partial charge in [0.05, 0.1) is 13.2 Å². The van der Waals surface area contributed by atoms with E-state index in [4.69, 9.17) is 21.1 Å². The Morgan fingerprint density at radius 2 is 2.37 bits per heavy atom. The number of carbonyl (C=O) groups excluding carboxylic acids is 1. The molecule has 1 fully saturated rings. The standard InChI is InChI=1S/C14H18ClNO3/c1-16(13-6-9-19-14(13)17)7-3-8-18-12-5-2-4-11(15)10-12/h2,4-5,10,13H,3,6-9H2,1H3. The Morgan fingerprint density at radius 1 is 1.53 bits per heavy atom. The second-order valence-corrected chi connectivity index (χ2v) is 5.05. The first kappa shape index (κ1) is 14.2. The van der Waals surface area contributed by atoms with Crippen LogP contribution < -0.4 is 4.74 Å². The average Bonchev–Trinajstić information content (AvgIpc) is 2.81. The van der Waals surface area contributed by atoms with E-state index >= 15 is 0 Å². The van der Waals surface area contributed by atoms with Crippen LogP contribution in [-0.4, -0.2) is 43.7 Å². The minimum atomic E-state index is -0.113. The lowest BCUT2D eigenvalue weighted by Gasteiger charge is -2.20. The van der Waals surface area contributed by atoms with Gasteiger partial charge in [-0.2, -0.15) is 0 Å². The van der Waals surface area contributed by atoms with Gasteiger partial charge < -0.3 is 9.47 Å². The van der Waals surface area contributed by atoms with Crippen LogP contribution in [0.25, 0.3) is 0 Å². The summed E-state index contributed by atoms with van der Waals surface area (Å²) in [7, 11) is 1.94. The van der Waals surface area contributed by atoms with E-state index in [0.29, 0.717) is 18.2 Å². The molecule has 0 bridgehead atoms. The molecule has 19 heavy (non-hydrogen) atoms. The molecule has 4 nitrogen and oxygen atoms in total. The Balaban J connectivity index is 1.68. The zero-order chi connectivity index (χ0) is 13.7. The van der Waals surface area contributed by atoms with E-state index in [2.05, 4.69) is 0 Å². The predicted molar refractivity (Wildman–Crippen MR) is 73.6 cm³/mol. The summed E-state index contributed by atoms with van der Waals surface area (Å²) in [6.07, 6.45) is 1.64. The number of rotatable bonds is 6. The molecule has 5 heteroatoms. The molecule has 1 atom stereocenters. The molecule has 0 amide bonds. The van der Waals surface area contributed by atoms with Crippen LogP contribution in [0.5, 0.6) is 5.75 Å². The number of carbonyl (C=O) groups is 1. The molecule has 1 saturated heterocycles. The van der Waals surface area contributed by atoms with Gasteiger partial charge in [-0.05, 0) is 31.7 Å². The highest BCUT2D eigenvalue weighted by molar-refractivity contribution is 6.30. The summed E-state index contributed by atoms with van der Waals surface area (Å²) in [6, 6.07) is 7.25. The number of hydrogen-bond acceptors (Lipinski definition) is 4. The Labute approximate surface area is 118 Å². The third-order valence-electron chi connectivity index (χ3n) is 3.16. The zero-order valence-corrected chi connectivity index (χ0v) is 11.7. The molecule has 0 aliphatic carbocycles. The largest absolute Gasteiger partial charge is 0.493 e. The van der Waals surface area contributed by atoms with Crippen molar-refractivity contribution in [2.24, 2.45) is 0 Å². The summed E-state index contributed by atoms with van der Waals surface area (Å²) in [5, 5.41) is 0.670. The second-order valence-electron chi connectivity index (χ2n) is 4.61. The molecule has 1 aromatic rings. The Bertz CT molecular complexity index is 438. The van der Waals surface area contributed by atoms with E-state index in [-0.39, 0.29) is 12.0 Å². The number of benzene rings is 1. The van der Waals surface area contributed by atoms with Gasteiger partial charge in [-0.15, -0.1) is 0 Å². The van der Waals surface area contributed by atoms with E-state index in [1.54, 1.807) is 6.07 Å². The first-order chi connectivity index (χ1) is 9.16. The van der Waals surface area contributed by atoms with Gasteiger partial charge in [-0.1, -0.05) is 17.7 Å². The van der Waals surface area contributed by atoms with E-state index in [9.17, 15) is 4.79 Å². The summed E-state index contributed by atoms with van der Waals surface area (Å²) in [5.74, 6) is 0.661. The van der Waals surface area contributed by atoms with E-state index in [1.165, 1.54) is 0 Å². The van der Waals surface area contributed by atoms with Crippen molar-refractivity contribution in [2.45, 2.75) is 18.9 Å². The molecule has 0 aromatic heterocycles. The molecule has 0 N–H and O–H groups in total. The normalized spacial score (nSPS) is 18.7. The van der Waals surface area contributed by atoms with Crippen molar-refractivity contribution in [1.29, 1.82) is 0 Å². The highest BCUT2D eigenvalue weighted by Crippen LogP contribution is 2.17. The highest BCUT2D eigenvalue weighted by atomic mass is 35.5. The number of halogens is 1. The Morgan fingerprint density at radius 3 is 3.05 bits per heavy atom. The van der Waals surface area contributed by atoms with Crippen LogP contribution in [0, 0.1) is 0 Å². The van der Waals surface area contributed by atoms with Crippen molar-refractivity contribution < 1.29 is 14.3 Å². The van der Waals surface area contributed by atoms with Crippen LogP contribution in [0.1, 0.15) is 12.8 Å². The van der Waals surface area contributed by atoms with Gasteiger partial charge in [0, 0.05) is 18.0 Å². The quantitative estimate of drug-likeness (QED) is 0.593. The minimum absolute atomic E-state index is 0.0915. The predicted octanol–water partition coefficient (Wildman–Crippen LogP) is 2.36. The van der Waals surface area contributed by atoms with Crippen LogP contribution in [0.2, 0.25) is 5.02 Å². The molecular weight excluding hydrogens is 266 g/mol. The van der Waals surface area contributed by atoms with Crippen LogP contribution >= 0.6 is 11.6 Å². The molecule has 1 aliphatic rings. The highest BCUT2D eigenvalue weighted by Gasteiger charge is 2.29. The molecule has 0 radical (unpaired) electrons. The molecular formula is C14H18ClNO3. The molecule has 1 heterocycles. The first-order valence-corrected chi connectivity index (χ1v) is 6.80. The number of likely N-dealkylation sites (N-methyl/N-ethyl adjacent to an activating group) is 1. The second kappa shape index (κ2) is 6.78. The zero-order valence-electron chi connectivity index (χ0n) is 11.0. The van der Waals surface area contributed by atoms with Crippen molar-refractivity contribution in [1.82, 2.24) is 4.90 Å². The number of ether oxygens (including phenoxy) is 2. The average molecular weight is 284 g/mol. The summed E-state index contributed by atoms with van der Waals surface area (Å²) in [6.45, 7) is 1.94. The fraction of sp³-hybridized carbons (Fsp3) is 0.500. The van der Waals surface area contributed by atoms with E-state index < -0.39 is 0 Å². The molecule has 104 valence electrons. The first-order valence-electron chi connectivity index (χ1n) is 6.42. The lowest BCUT2D eigenvalue weighted by atomic mass is 10.2. The number of esters is 1. The molecule has 0 saturated carbocycles. The van der Waals surface area contributed by atoms with Gasteiger partial charge in [0.25, 0.3) is 0 Å². The summed E-state index contributed by atoms with van der Waals surface area (Å²) >= 11 is 5.87. The van der Waals surface area contributed by atoms with Crippen LogP contribution in [0.3, 0.4) is 0 Å². The molecule has 1 unspecified atom stereocenters. The smallest absolute Gasteiger partial charge is 0.323 e. The number of hydrogen-bond donors (Lipinski definition) is 0. The summed E-state index contributed by atoms with van der Waals surface area (Å²) in [5.41, 5.74) is 0. The van der Waals surface area contributed by atoms with Crippen molar-refractivity contribution in [3.63, 3.8) is 0 Å². The third-order valence-corrected chi connectivity index (χ3v) is 3.39. The van der Waals surface area contributed by atoms with Crippen molar-refractivity contribution in [3.8, 4) is 5.75 Å². The SMILES string of the molecule is CN(CCCOc1cccc(Cl)c1)C1CCOC1=O. The maximum Gasteiger partial charge on any atom is 0.323 e. The summed E-state index contributed by atoms with van der Waals surface area (Å²) < 4.78 is 10.5. The number of cyclic esters (lactones) is 1. The van der Waals surface area contributed by atoms with E-state index in [1.807, 2.05) is 30.1 Å². The van der Waals surface area contributed by atoms with Crippen LogP contribution in [-0.2, 0) is 9.53 Å². The monoisotopic (exact) mass is 283 g/mol. The lowest BCUT2D eigenvalue weighted by molar-refractivity contribution is -0.142. The van der Waals surface area contributed by atoms with Gasteiger partial charge in [0.2, 0.25) is 0 Å². The summed E-state index contributed by atoms with van der Waals surface area (Å²) in [4.78, 5) is 13.4. The van der Waals surface area contributed by atoms with Gasteiger partial charge in [-0.25, -0.2) is 0 Å². The minimum Gasteiger partial charge on any atom is -0.493 e. The van der Waals surface area contributed by atoms with Crippen molar-refractivity contribution in [2.75, 3.05) is 26.8 Å². The van der Waals surface area contributed by atoms with E-state index in [0.717, 1.165) is 25.1 Å². The maximum absolute atomic E-state index is 11.4. The molecule has 1 aliphatic heterocycles. The Kier molecular flexibility index (Phi) is 5.05. The molecule has 2 rings (SSSR count). The van der Waals surface area contributed by atoms with Crippen LogP contribution in [0.4, 0.5) is 0 Å². The van der Waals surface area contributed by atoms with Gasteiger partial charge in [0.15, 0.2) is 0 Å². The topological polar surface area (TPSA) is 38.8 Å². The molecule has 1 aromatic carbocycles. The van der Waals surface area contributed by atoms with Gasteiger partial charge in [-0.3, -0.25) is 9.69 Å². The van der Waals surface area contributed by atoms with Gasteiger partial charge in [0.1, 0.15) is 11.8 Å². The number of nitrogens with zero attached hydrogens (tertiary/aromatic N) is 1. The van der Waals surface area contributed by atoms with Crippen molar-refractivity contribution in [3.05, 3.63) is 29.3 Å². The fourth-order valence-corrected chi connectivity index (χ4v) is 2.28. The third kappa shape index (κ3) is 4.11. The lowest BCUT2D eigenvalue weighted by Crippen LogP contribution is -2.36.